The van der Waals surface area contributed by atoms with E-state index < -0.39 is 10.0 Å². The number of nitrogens with one attached hydrogen (secondary N) is 1. The lowest BCUT2D eigenvalue weighted by Gasteiger charge is -2.12. The van der Waals surface area contributed by atoms with Crippen molar-refractivity contribution >= 4 is 15.9 Å². The van der Waals surface area contributed by atoms with E-state index >= 15 is 0 Å². The molecule has 7 heteroatoms. The van der Waals surface area contributed by atoms with Gasteiger partial charge in [0.2, 0.25) is 15.9 Å². The van der Waals surface area contributed by atoms with Crippen molar-refractivity contribution in [3.8, 4) is 5.75 Å². The van der Waals surface area contributed by atoms with E-state index in [4.69, 9.17) is 9.88 Å². The molecule has 1 amide bonds. The van der Waals surface area contributed by atoms with Gasteiger partial charge in [-0.25, -0.2) is 13.6 Å². The highest BCUT2D eigenvalue weighted by Gasteiger charge is 2.13. The molecule has 0 fully saturated rings. The summed E-state index contributed by atoms with van der Waals surface area (Å²) in [5.74, 6) is 0.737. The molecule has 0 aliphatic heterocycles. The Morgan fingerprint density at radius 2 is 2.10 bits per heavy atom. The van der Waals surface area contributed by atoms with E-state index in [1.54, 1.807) is 0 Å². The highest BCUT2D eigenvalue weighted by atomic mass is 32.2. The summed E-state index contributed by atoms with van der Waals surface area (Å²) in [6.07, 6.45) is 1.37. The summed E-state index contributed by atoms with van der Waals surface area (Å²) in [6.45, 7) is 4.22. The fraction of sp³-hybridized carbons (Fsp3) is 0.500. The number of benzene rings is 1. The van der Waals surface area contributed by atoms with Gasteiger partial charge in [-0.05, 0) is 24.1 Å². The molecule has 0 bridgehead atoms. The minimum Gasteiger partial charge on any atom is -0.496 e. The summed E-state index contributed by atoms with van der Waals surface area (Å²) in [5.41, 5.74) is 0.571. The largest absolute Gasteiger partial charge is 0.496 e. The van der Waals surface area contributed by atoms with Crippen LogP contribution < -0.4 is 15.2 Å². The Kier molecular flexibility index (Phi) is 6.17. The molecule has 1 rings (SSSR count). The maximum absolute atomic E-state index is 11.8. The van der Waals surface area contributed by atoms with Crippen LogP contribution in [0.5, 0.6) is 5.75 Å². The van der Waals surface area contributed by atoms with Gasteiger partial charge in [0.25, 0.3) is 0 Å². The quantitative estimate of drug-likeness (QED) is 0.794. The summed E-state index contributed by atoms with van der Waals surface area (Å²) < 4.78 is 27.9. The van der Waals surface area contributed by atoms with Gasteiger partial charge in [-0.1, -0.05) is 20.3 Å². The van der Waals surface area contributed by atoms with Crippen LogP contribution in [0.25, 0.3) is 0 Å². The number of sulfonamides is 1. The summed E-state index contributed by atoms with van der Waals surface area (Å²) in [7, 11) is -2.30. The van der Waals surface area contributed by atoms with Crippen LogP contribution in [0.3, 0.4) is 0 Å². The molecule has 3 N–H and O–H groups in total. The standard InChI is InChI=1S/C14H22N2O4S/c1-4-10(2)7-14(17)16-9-11-8-12(21(15,18)19)5-6-13(11)20-3/h5-6,8,10H,4,7,9H2,1-3H3,(H,16,17)(H2,15,18,19). The van der Waals surface area contributed by atoms with Crippen molar-refractivity contribution in [1.82, 2.24) is 5.32 Å². The zero-order valence-corrected chi connectivity index (χ0v) is 13.4. The first-order chi connectivity index (χ1) is 9.77. The highest BCUT2D eigenvalue weighted by Crippen LogP contribution is 2.21. The Hall–Kier alpha value is -1.60. The number of carbonyl (C=O) groups excluding carboxylic acids is 1. The first-order valence-electron chi connectivity index (χ1n) is 6.74. The van der Waals surface area contributed by atoms with Crippen molar-refractivity contribution in [2.75, 3.05) is 7.11 Å². The van der Waals surface area contributed by atoms with E-state index in [9.17, 15) is 13.2 Å². The number of nitrogens with two attached hydrogens (primary N) is 1. The normalized spacial score (nSPS) is 12.8. The predicted octanol–water partition coefficient (Wildman–Crippen LogP) is 1.40. The van der Waals surface area contributed by atoms with Gasteiger partial charge in [0.1, 0.15) is 5.75 Å². The lowest BCUT2D eigenvalue weighted by molar-refractivity contribution is -0.122. The van der Waals surface area contributed by atoms with Crippen LogP contribution in [0.1, 0.15) is 32.3 Å². The van der Waals surface area contributed by atoms with Crippen LogP contribution in [0.2, 0.25) is 0 Å². The Morgan fingerprint density at radius 1 is 1.43 bits per heavy atom. The predicted molar refractivity (Wildman–Crippen MR) is 80.3 cm³/mol. The molecular weight excluding hydrogens is 292 g/mol. The van der Waals surface area contributed by atoms with Crippen LogP contribution in [-0.2, 0) is 21.4 Å². The van der Waals surface area contributed by atoms with Crippen molar-refractivity contribution < 1.29 is 17.9 Å². The average Bonchev–Trinajstić information content (AvgIpc) is 2.43. The number of hydrogen-bond acceptors (Lipinski definition) is 4. The smallest absolute Gasteiger partial charge is 0.238 e. The van der Waals surface area contributed by atoms with Crippen molar-refractivity contribution in [2.24, 2.45) is 11.1 Å². The van der Waals surface area contributed by atoms with Crippen molar-refractivity contribution in [3.05, 3.63) is 23.8 Å². The van der Waals surface area contributed by atoms with E-state index in [0.29, 0.717) is 23.7 Å². The van der Waals surface area contributed by atoms with Gasteiger partial charge in [0.15, 0.2) is 0 Å². The molecule has 1 unspecified atom stereocenters. The van der Waals surface area contributed by atoms with E-state index in [2.05, 4.69) is 5.32 Å². The Labute approximate surface area is 125 Å². The second-order valence-corrected chi connectivity index (χ2v) is 6.57. The van der Waals surface area contributed by atoms with Crippen LogP contribution in [-0.4, -0.2) is 21.4 Å². The first-order valence-corrected chi connectivity index (χ1v) is 8.29. The number of amides is 1. The topological polar surface area (TPSA) is 98.5 Å². The zero-order valence-electron chi connectivity index (χ0n) is 12.5. The molecule has 0 aliphatic rings. The van der Waals surface area contributed by atoms with Gasteiger partial charge in [0, 0.05) is 18.5 Å². The third kappa shape index (κ3) is 5.35. The van der Waals surface area contributed by atoms with E-state index in [-0.39, 0.29) is 17.3 Å². The molecule has 0 spiro atoms. The molecule has 0 saturated heterocycles. The molecule has 118 valence electrons. The molecule has 1 aromatic rings. The summed E-state index contributed by atoms with van der Waals surface area (Å²) >= 11 is 0. The number of rotatable bonds is 7. The van der Waals surface area contributed by atoms with Crippen molar-refractivity contribution in [2.45, 2.75) is 38.1 Å². The maximum atomic E-state index is 11.8. The molecule has 1 aromatic carbocycles. The number of hydrogen-bond donors (Lipinski definition) is 2. The third-order valence-electron chi connectivity index (χ3n) is 3.29. The Balaban J connectivity index is 2.84. The van der Waals surface area contributed by atoms with Crippen LogP contribution in [0, 0.1) is 5.92 Å². The molecule has 21 heavy (non-hydrogen) atoms. The Morgan fingerprint density at radius 3 is 2.62 bits per heavy atom. The summed E-state index contributed by atoms with van der Waals surface area (Å²) in [5, 5.41) is 7.86. The SMILES string of the molecule is CCC(C)CC(=O)NCc1cc(S(N)(=O)=O)ccc1OC. The highest BCUT2D eigenvalue weighted by molar-refractivity contribution is 7.89. The number of carbonyl (C=O) groups is 1. The zero-order chi connectivity index (χ0) is 16.0. The van der Waals surface area contributed by atoms with Gasteiger partial charge in [-0.3, -0.25) is 4.79 Å². The lowest BCUT2D eigenvalue weighted by Crippen LogP contribution is -2.25. The monoisotopic (exact) mass is 314 g/mol. The second kappa shape index (κ2) is 7.42. The molecule has 0 radical (unpaired) electrons. The minimum absolute atomic E-state index is 0.00512. The van der Waals surface area contributed by atoms with Crippen molar-refractivity contribution in [3.63, 3.8) is 0 Å². The van der Waals surface area contributed by atoms with E-state index in [1.165, 1.54) is 25.3 Å². The maximum Gasteiger partial charge on any atom is 0.238 e. The lowest BCUT2D eigenvalue weighted by atomic mass is 10.0. The second-order valence-electron chi connectivity index (χ2n) is 5.01. The van der Waals surface area contributed by atoms with Crippen LogP contribution in [0.15, 0.2) is 23.1 Å². The van der Waals surface area contributed by atoms with E-state index in [0.717, 1.165) is 6.42 Å². The average molecular weight is 314 g/mol. The van der Waals surface area contributed by atoms with Crippen LogP contribution >= 0.6 is 0 Å². The summed E-state index contributed by atoms with van der Waals surface area (Å²) in [4.78, 5) is 11.8. The number of primary sulfonamides is 1. The number of methoxy groups -OCH3 is 1. The summed E-state index contributed by atoms with van der Waals surface area (Å²) in [6, 6.07) is 4.31. The third-order valence-corrected chi connectivity index (χ3v) is 4.20. The molecule has 1 atom stereocenters. The van der Waals surface area contributed by atoms with Gasteiger partial charge in [0.05, 0.1) is 12.0 Å². The van der Waals surface area contributed by atoms with E-state index in [1.807, 2.05) is 13.8 Å². The van der Waals surface area contributed by atoms with Gasteiger partial charge in [-0.15, -0.1) is 0 Å². The fourth-order valence-electron chi connectivity index (χ4n) is 1.80. The molecule has 6 nitrogen and oxygen atoms in total. The van der Waals surface area contributed by atoms with Gasteiger partial charge >= 0.3 is 0 Å². The van der Waals surface area contributed by atoms with Crippen molar-refractivity contribution in [1.29, 1.82) is 0 Å². The molecular formula is C14H22N2O4S. The fourth-order valence-corrected chi connectivity index (χ4v) is 2.36. The van der Waals surface area contributed by atoms with Gasteiger partial charge in [-0.2, -0.15) is 0 Å². The molecule has 0 heterocycles. The molecule has 0 aromatic heterocycles. The number of ether oxygens (including phenoxy) is 1. The first kappa shape index (κ1) is 17.5. The minimum atomic E-state index is -3.78. The molecule has 0 aliphatic carbocycles. The Bertz CT molecular complexity index is 599. The van der Waals surface area contributed by atoms with Crippen LogP contribution in [0.4, 0.5) is 0 Å². The molecule has 0 saturated carbocycles. The van der Waals surface area contributed by atoms with Gasteiger partial charge < -0.3 is 10.1 Å².